The molecule has 0 aliphatic rings. The lowest BCUT2D eigenvalue weighted by molar-refractivity contribution is 0.414. The minimum atomic E-state index is 0.698. The van der Waals surface area contributed by atoms with Gasteiger partial charge in [0.05, 0.1) is 26.9 Å². The normalized spacial score (nSPS) is 10.6. The Kier molecular flexibility index (Phi) is 5.20. The second-order valence-corrected chi connectivity index (χ2v) is 6.42. The zero-order valence-electron chi connectivity index (χ0n) is 16.5. The van der Waals surface area contributed by atoms with Crippen molar-refractivity contribution in [2.75, 3.05) is 21.3 Å². The van der Waals surface area contributed by atoms with Gasteiger partial charge in [-0.2, -0.15) is 0 Å². The second-order valence-electron chi connectivity index (χ2n) is 6.42. The third-order valence-corrected chi connectivity index (χ3v) is 4.79. The van der Waals surface area contributed by atoms with Gasteiger partial charge in [-0.05, 0) is 66.2 Å². The first-order valence-corrected chi connectivity index (χ1v) is 9.16. The summed E-state index contributed by atoms with van der Waals surface area (Å²) in [5, 5.41) is 4.40. The molecule has 0 radical (unpaired) electrons. The third kappa shape index (κ3) is 3.67. The monoisotopic (exact) mass is 387 g/mol. The molecule has 0 bridgehead atoms. The Hall–Kier alpha value is -3.73. The van der Waals surface area contributed by atoms with Gasteiger partial charge >= 0.3 is 0 Å². The van der Waals surface area contributed by atoms with Crippen molar-refractivity contribution in [1.29, 1.82) is 0 Å². The molecule has 0 amide bonds. The SMILES string of the molecule is COc1ccc(-c2noc(-c3ccc(OC)cc3)c2-c2ccc(OC)cc2)cc1. The maximum Gasteiger partial charge on any atom is 0.175 e. The number of aromatic nitrogens is 1. The van der Waals surface area contributed by atoms with Gasteiger partial charge in [0, 0.05) is 11.1 Å². The van der Waals surface area contributed by atoms with E-state index in [1.54, 1.807) is 21.3 Å². The van der Waals surface area contributed by atoms with Gasteiger partial charge in [0.1, 0.15) is 22.9 Å². The van der Waals surface area contributed by atoms with Crippen LogP contribution in [0.25, 0.3) is 33.7 Å². The summed E-state index contributed by atoms with van der Waals surface area (Å²) in [6, 6.07) is 23.4. The quantitative estimate of drug-likeness (QED) is 0.425. The molecule has 0 N–H and O–H groups in total. The van der Waals surface area contributed by atoms with Crippen molar-refractivity contribution < 1.29 is 18.7 Å². The van der Waals surface area contributed by atoms with Gasteiger partial charge in [0.15, 0.2) is 5.76 Å². The molecule has 1 aromatic heterocycles. The van der Waals surface area contributed by atoms with Crippen molar-refractivity contribution in [3.05, 3.63) is 72.8 Å². The van der Waals surface area contributed by atoms with Gasteiger partial charge in [-0.15, -0.1) is 0 Å². The third-order valence-electron chi connectivity index (χ3n) is 4.79. The maximum atomic E-state index is 5.82. The van der Waals surface area contributed by atoms with E-state index in [4.69, 9.17) is 18.7 Å². The number of hydrogen-bond acceptors (Lipinski definition) is 5. The number of rotatable bonds is 6. The fourth-order valence-electron chi connectivity index (χ4n) is 3.20. The Morgan fingerprint density at radius 2 is 0.966 bits per heavy atom. The summed E-state index contributed by atoms with van der Waals surface area (Å²) in [6.07, 6.45) is 0. The molecule has 4 aromatic rings. The van der Waals surface area contributed by atoms with Crippen LogP contribution in [-0.2, 0) is 0 Å². The highest BCUT2D eigenvalue weighted by Gasteiger charge is 2.21. The van der Waals surface area contributed by atoms with E-state index in [1.165, 1.54) is 0 Å². The molecule has 5 heteroatoms. The first kappa shape index (κ1) is 18.6. The minimum absolute atomic E-state index is 0.698. The van der Waals surface area contributed by atoms with Gasteiger partial charge in [-0.1, -0.05) is 17.3 Å². The number of hydrogen-bond donors (Lipinski definition) is 0. The minimum Gasteiger partial charge on any atom is -0.497 e. The van der Waals surface area contributed by atoms with E-state index in [1.807, 2.05) is 72.8 Å². The molecule has 5 nitrogen and oxygen atoms in total. The Bertz CT molecular complexity index is 1020. The van der Waals surface area contributed by atoms with Crippen molar-refractivity contribution in [2.45, 2.75) is 0 Å². The van der Waals surface area contributed by atoms with Crippen LogP contribution < -0.4 is 14.2 Å². The Morgan fingerprint density at radius 3 is 1.41 bits per heavy atom. The molecule has 0 aliphatic heterocycles. The molecule has 0 saturated heterocycles. The van der Waals surface area contributed by atoms with Crippen LogP contribution in [0.15, 0.2) is 77.3 Å². The summed E-state index contributed by atoms with van der Waals surface area (Å²) in [5.41, 5.74) is 4.54. The lowest BCUT2D eigenvalue weighted by Crippen LogP contribution is -1.88. The van der Waals surface area contributed by atoms with Gasteiger partial charge in [-0.3, -0.25) is 0 Å². The van der Waals surface area contributed by atoms with E-state index in [2.05, 4.69) is 5.16 Å². The van der Waals surface area contributed by atoms with Crippen molar-refractivity contribution >= 4 is 0 Å². The fourth-order valence-corrected chi connectivity index (χ4v) is 3.20. The summed E-state index contributed by atoms with van der Waals surface area (Å²) in [5.74, 6) is 3.07. The highest BCUT2D eigenvalue weighted by molar-refractivity contribution is 5.90. The molecule has 3 aromatic carbocycles. The van der Waals surface area contributed by atoms with Crippen LogP contribution >= 0.6 is 0 Å². The summed E-state index contributed by atoms with van der Waals surface area (Å²) >= 11 is 0. The standard InChI is InChI=1S/C24H21NO4/c1-26-19-10-4-16(5-11-19)22-23(17-6-12-20(27-2)13-7-17)25-29-24(22)18-8-14-21(28-3)15-9-18/h4-15H,1-3H3. The highest BCUT2D eigenvalue weighted by atomic mass is 16.5. The molecule has 4 rings (SSSR count). The molecule has 0 aliphatic carbocycles. The molecule has 0 spiro atoms. The second kappa shape index (κ2) is 8.10. The van der Waals surface area contributed by atoms with Gasteiger partial charge in [0.2, 0.25) is 0 Å². The van der Waals surface area contributed by atoms with Crippen LogP contribution in [0.3, 0.4) is 0 Å². The van der Waals surface area contributed by atoms with Gasteiger partial charge in [-0.25, -0.2) is 0 Å². The predicted molar refractivity (Wildman–Crippen MR) is 112 cm³/mol. The average molecular weight is 387 g/mol. The van der Waals surface area contributed by atoms with Crippen molar-refractivity contribution in [3.63, 3.8) is 0 Å². The van der Waals surface area contributed by atoms with Gasteiger partial charge in [0.25, 0.3) is 0 Å². The molecule has 0 atom stereocenters. The fraction of sp³-hybridized carbons (Fsp3) is 0.125. The van der Waals surface area contributed by atoms with Crippen LogP contribution in [0, 0.1) is 0 Å². The molecule has 146 valence electrons. The molecule has 0 unspecified atom stereocenters. The van der Waals surface area contributed by atoms with Crippen molar-refractivity contribution in [2.24, 2.45) is 0 Å². The zero-order valence-corrected chi connectivity index (χ0v) is 16.5. The van der Waals surface area contributed by atoms with Crippen LogP contribution in [0.1, 0.15) is 0 Å². The predicted octanol–water partition coefficient (Wildman–Crippen LogP) is 5.70. The molecule has 1 heterocycles. The molecule has 0 fully saturated rings. The maximum absolute atomic E-state index is 5.82. The molecule has 29 heavy (non-hydrogen) atoms. The number of benzene rings is 3. The lowest BCUT2D eigenvalue weighted by atomic mass is 9.96. The van der Waals surface area contributed by atoms with E-state index in [9.17, 15) is 0 Å². The summed E-state index contributed by atoms with van der Waals surface area (Å²) in [7, 11) is 4.95. The molecule has 0 saturated carbocycles. The van der Waals surface area contributed by atoms with Gasteiger partial charge < -0.3 is 18.7 Å². The van der Waals surface area contributed by atoms with Crippen LogP contribution in [0.4, 0.5) is 0 Å². The number of nitrogens with zero attached hydrogens (tertiary/aromatic N) is 1. The number of methoxy groups -OCH3 is 3. The zero-order chi connectivity index (χ0) is 20.2. The van der Waals surface area contributed by atoms with E-state index < -0.39 is 0 Å². The van der Waals surface area contributed by atoms with E-state index >= 15 is 0 Å². The van der Waals surface area contributed by atoms with Crippen LogP contribution in [0.2, 0.25) is 0 Å². The van der Waals surface area contributed by atoms with E-state index in [-0.39, 0.29) is 0 Å². The summed E-state index contributed by atoms with van der Waals surface area (Å²) in [6.45, 7) is 0. The lowest BCUT2D eigenvalue weighted by Gasteiger charge is -2.08. The Morgan fingerprint density at radius 1 is 0.552 bits per heavy atom. The first-order chi connectivity index (χ1) is 14.2. The average Bonchev–Trinajstić information content (AvgIpc) is 3.24. The first-order valence-electron chi connectivity index (χ1n) is 9.16. The smallest absolute Gasteiger partial charge is 0.175 e. The summed E-state index contributed by atoms with van der Waals surface area (Å²) in [4.78, 5) is 0. The van der Waals surface area contributed by atoms with Crippen molar-refractivity contribution in [3.8, 4) is 51.0 Å². The van der Waals surface area contributed by atoms with Crippen LogP contribution in [-0.4, -0.2) is 26.5 Å². The topological polar surface area (TPSA) is 53.7 Å². The van der Waals surface area contributed by atoms with Crippen LogP contribution in [0.5, 0.6) is 17.2 Å². The Labute approximate surface area is 169 Å². The molecular weight excluding hydrogens is 366 g/mol. The number of ether oxygens (including phenoxy) is 3. The largest absolute Gasteiger partial charge is 0.497 e. The molecular formula is C24H21NO4. The van der Waals surface area contributed by atoms with Crippen molar-refractivity contribution in [1.82, 2.24) is 5.16 Å². The van der Waals surface area contributed by atoms with E-state index in [0.717, 1.165) is 45.2 Å². The summed E-state index contributed by atoms with van der Waals surface area (Å²) < 4.78 is 21.7. The van der Waals surface area contributed by atoms with E-state index in [0.29, 0.717) is 5.76 Å². The Balaban J connectivity index is 1.87. The highest BCUT2D eigenvalue weighted by Crippen LogP contribution is 2.41.